The van der Waals surface area contributed by atoms with Crippen molar-refractivity contribution in [2.45, 2.75) is 39.2 Å². The van der Waals surface area contributed by atoms with Crippen LogP contribution in [-0.2, 0) is 4.79 Å². The quantitative estimate of drug-likeness (QED) is 0.808. The number of aliphatic hydroxyl groups excluding tert-OH is 1. The molecule has 0 bridgehead atoms. The van der Waals surface area contributed by atoms with E-state index in [0.29, 0.717) is 24.9 Å². The van der Waals surface area contributed by atoms with E-state index in [-0.39, 0.29) is 29.8 Å². The average Bonchev–Trinajstić information content (AvgIpc) is 2.92. The largest absolute Gasteiger partial charge is 0.393 e. The standard InChI is InChI=1S/C15H17NO3.C2H6/c17-13-7-6-12-11(13)8-9-16(15(12)19)14(18)10-4-2-1-3-5-10;1-2/h1-5,11-13,17H,6-9H2;1-2H3/t11-,12-,13-;/m1./s1. The summed E-state index contributed by atoms with van der Waals surface area (Å²) in [6.07, 6.45) is 1.72. The second-order valence-electron chi connectivity index (χ2n) is 5.36. The number of likely N-dealkylation sites (tertiary alicyclic amines) is 1. The first-order chi connectivity index (χ1) is 10.2. The van der Waals surface area contributed by atoms with Gasteiger partial charge >= 0.3 is 0 Å². The van der Waals surface area contributed by atoms with Gasteiger partial charge in [-0.3, -0.25) is 14.5 Å². The van der Waals surface area contributed by atoms with Gasteiger partial charge in [-0.2, -0.15) is 0 Å². The lowest BCUT2D eigenvalue weighted by atomic mass is 9.86. The van der Waals surface area contributed by atoms with E-state index in [4.69, 9.17) is 0 Å². The fourth-order valence-corrected chi connectivity index (χ4v) is 3.27. The molecule has 0 radical (unpaired) electrons. The zero-order valence-electron chi connectivity index (χ0n) is 12.7. The Hall–Kier alpha value is -1.68. The minimum Gasteiger partial charge on any atom is -0.393 e. The number of hydrogen-bond acceptors (Lipinski definition) is 3. The van der Waals surface area contributed by atoms with Gasteiger partial charge in [-0.15, -0.1) is 0 Å². The molecule has 114 valence electrons. The van der Waals surface area contributed by atoms with Crippen LogP contribution in [-0.4, -0.2) is 34.5 Å². The van der Waals surface area contributed by atoms with Gasteiger partial charge in [0, 0.05) is 18.0 Å². The van der Waals surface area contributed by atoms with E-state index in [1.54, 1.807) is 24.3 Å². The summed E-state index contributed by atoms with van der Waals surface area (Å²) < 4.78 is 0. The van der Waals surface area contributed by atoms with E-state index in [1.165, 1.54) is 4.90 Å². The molecule has 1 aromatic rings. The van der Waals surface area contributed by atoms with Crippen LogP contribution in [0.3, 0.4) is 0 Å². The van der Waals surface area contributed by atoms with Gasteiger partial charge < -0.3 is 5.11 Å². The van der Waals surface area contributed by atoms with E-state index in [2.05, 4.69) is 0 Å². The fourth-order valence-electron chi connectivity index (χ4n) is 3.27. The van der Waals surface area contributed by atoms with Crippen LogP contribution in [0.5, 0.6) is 0 Å². The summed E-state index contributed by atoms with van der Waals surface area (Å²) in [5.74, 6) is -0.448. The molecular weight excluding hydrogens is 266 g/mol. The Bertz CT molecular complexity index is 500. The van der Waals surface area contributed by atoms with Gasteiger partial charge in [-0.25, -0.2) is 0 Å². The number of amides is 2. The Morgan fingerprint density at radius 1 is 1.14 bits per heavy atom. The topological polar surface area (TPSA) is 57.6 Å². The molecule has 0 unspecified atom stereocenters. The van der Waals surface area contributed by atoms with Crippen LogP contribution in [0.25, 0.3) is 0 Å². The van der Waals surface area contributed by atoms with Crippen molar-refractivity contribution in [3.05, 3.63) is 35.9 Å². The van der Waals surface area contributed by atoms with Crippen molar-refractivity contribution >= 4 is 11.8 Å². The minimum absolute atomic E-state index is 0.0484. The van der Waals surface area contributed by atoms with E-state index >= 15 is 0 Å². The molecule has 3 atom stereocenters. The summed E-state index contributed by atoms with van der Waals surface area (Å²) >= 11 is 0. The van der Waals surface area contributed by atoms with Crippen molar-refractivity contribution in [3.63, 3.8) is 0 Å². The van der Waals surface area contributed by atoms with E-state index in [1.807, 2.05) is 19.9 Å². The number of carbonyl (C=O) groups is 2. The third-order valence-corrected chi connectivity index (χ3v) is 4.32. The third kappa shape index (κ3) is 3.00. The molecule has 4 heteroatoms. The molecule has 1 aliphatic heterocycles. The number of carbonyl (C=O) groups excluding carboxylic acids is 2. The number of aliphatic hydroxyl groups is 1. The molecule has 21 heavy (non-hydrogen) atoms. The van der Waals surface area contributed by atoms with Gasteiger partial charge in [-0.05, 0) is 37.3 Å². The number of hydrogen-bond donors (Lipinski definition) is 1. The maximum atomic E-state index is 12.4. The normalized spacial score (nSPS) is 27.7. The SMILES string of the molecule is CC.O=C(c1ccccc1)N1CC[C@H]2[C@H](O)CC[C@H]2C1=O. The lowest BCUT2D eigenvalue weighted by molar-refractivity contribution is -0.138. The third-order valence-electron chi connectivity index (χ3n) is 4.32. The van der Waals surface area contributed by atoms with Crippen LogP contribution < -0.4 is 0 Å². The summed E-state index contributed by atoms with van der Waals surface area (Å²) in [7, 11) is 0. The number of fused-ring (bicyclic) bond motifs is 1. The first kappa shape index (κ1) is 15.7. The van der Waals surface area contributed by atoms with Crippen molar-refractivity contribution in [1.29, 1.82) is 0 Å². The Labute approximate surface area is 125 Å². The summed E-state index contributed by atoms with van der Waals surface area (Å²) in [5, 5.41) is 9.83. The van der Waals surface area contributed by atoms with Gasteiger partial charge in [0.2, 0.25) is 5.91 Å². The molecular formula is C17H23NO3. The Kier molecular flexibility index (Phi) is 5.12. The molecule has 0 aromatic heterocycles. The van der Waals surface area contributed by atoms with Crippen LogP contribution in [0, 0.1) is 11.8 Å². The number of nitrogens with zero attached hydrogens (tertiary/aromatic N) is 1. The lowest BCUT2D eigenvalue weighted by Crippen LogP contribution is -2.48. The van der Waals surface area contributed by atoms with Gasteiger partial charge in [-0.1, -0.05) is 32.0 Å². The van der Waals surface area contributed by atoms with Crippen LogP contribution in [0.15, 0.2) is 30.3 Å². The maximum Gasteiger partial charge on any atom is 0.260 e. The van der Waals surface area contributed by atoms with Crippen LogP contribution >= 0.6 is 0 Å². The summed E-state index contributed by atoms with van der Waals surface area (Å²) in [6, 6.07) is 8.89. The zero-order valence-corrected chi connectivity index (χ0v) is 12.7. The Morgan fingerprint density at radius 3 is 2.48 bits per heavy atom. The minimum atomic E-state index is -0.372. The van der Waals surface area contributed by atoms with E-state index < -0.39 is 0 Å². The van der Waals surface area contributed by atoms with Crippen LogP contribution in [0.4, 0.5) is 0 Å². The van der Waals surface area contributed by atoms with Crippen molar-refractivity contribution < 1.29 is 14.7 Å². The number of piperidine rings is 1. The highest BCUT2D eigenvalue weighted by molar-refractivity contribution is 6.05. The summed E-state index contributed by atoms with van der Waals surface area (Å²) in [4.78, 5) is 26.0. The van der Waals surface area contributed by atoms with Crippen molar-refractivity contribution in [1.82, 2.24) is 4.90 Å². The van der Waals surface area contributed by atoms with Gasteiger partial charge in [0.15, 0.2) is 0 Å². The molecule has 0 spiro atoms. The molecule has 2 amide bonds. The first-order valence-corrected chi connectivity index (χ1v) is 7.77. The molecule has 1 saturated heterocycles. The lowest BCUT2D eigenvalue weighted by Gasteiger charge is -2.34. The van der Waals surface area contributed by atoms with Crippen molar-refractivity contribution in [3.8, 4) is 0 Å². The number of imide groups is 1. The molecule has 1 N–H and O–H groups in total. The highest BCUT2D eigenvalue weighted by Gasteiger charge is 2.45. The molecule has 1 saturated carbocycles. The van der Waals surface area contributed by atoms with Gasteiger partial charge in [0.05, 0.1) is 6.10 Å². The van der Waals surface area contributed by atoms with Crippen LogP contribution in [0.2, 0.25) is 0 Å². The summed E-state index contributed by atoms with van der Waals surface area (Å²) in [5.41, 5.74) is 0.549. The molecule has 1 aliphatic carbocycles. The van der Waals surface area contributed by atoms with Crippen LogP contribution in [0.1, 0.15) is 43.5 Å². The number of benzene rings is 1. The highest BCUT2D eigenvalue weighted by atomic mass is 16.3. The molecule has 2 fully saturated rings. The maximum absolute atomic E-state index is 12.4. The Morgan fingerprint density at radius 2 is 1.81 bits per heavy atom. The molecule has 3 rings (SSSR count). The van der Waals surface area contributed by atoms with Gasteiger partial charge in [0.25, 0.3) is 5.91 Å². The number of rotatable bonds is 1. The highest BCUT2D eigenvalue weighted by Crippen LogP contribution is 2.39. The molecule has 4 nitrogen and oxygen atoms in total. The first-order valence-electron chi connectivity index (χ1n) is 7.77. The molecule has 1 heterocycles. The second-order valence-corrected chi connectivity index (χ2v) is 5.36. The summed E-state index contributed by atoms with van der Waals surface area (Å²) in [6.45, 7) is 4.42. The zero-order chi connectivity index (χ0) is 15.4. The fraction of sp³-hybridized carbons (Fsp3) is 0.529. The molecule has 2 aliphatic rings. The molecule has 1 aromatic carbocycles. The average molecular weight is 289 g/mol. The second kappa shape index (κ2) is 6.85. The van der Waals surface area contributed by atoms with E-state index in [9.17, 15) is 14.7 Å². The Balaban J connectivity index is 0.000000774. The van der Waals surface area contributed by atoms with Crippen molar-refractivity contribution in [2.75, 3.05) is 6.54 Å². The van der Waals surface area contributed by atoms with E-state index in [0.717, 1.165) is 6.42 Å². The monoisotopic (exact) mass is 289 g/mol. The predicted octanol–water partition coefficient (Wildman–Crippen LogP) is 2.47. The van der Waals surface area contributed by atoms with Gasteiger partial charge in [0.1, 0.15) is 0 Å². The van der Waals surface area contributed by atoms with Crippen molar-refractivity contribution in [2.24, 2.45) is 11.8 Å². The predicted molar refractivity (Wildman–Crippen MR) is 80.7 cm³/mol. The smallest absolute Gasteiger partial charge is 0.260 e.